The molecule has 2 unspecified atom stereocenters. The summed E-state index contributed by atoms with van der Waals surface area (Å²) in [4.78, 5) is 2.40. The van der Waals surface area contributed by atoms with Gasteiger partial charge < -0.3 is 28.5 Å². The van der Waals surface area contributed by atoms with Crippen molar-refractivity contribution >= 4 is 62.0 Å². The van der Waals surface area contributed by atoms with Gasteiger partial charge in [-0.2, -0.15) is 0 Å². The Morgan fingerprint density at radius 3 is 1.18 bits per heavy atom. The van der Waals surface area contributed by atoms with Crippen LogP contribution >= 0.6 is 11.6 Å². The molecular formula is C102H67ClN2O4. The van der Waals surface area contributed by atoms with E-state index in [2.05, 4.69) is 344 Å². The van der Waals surface area contributed by atoms with Crippen molar-refractivity contribution in [2.24, 2.45) is 0 Å². The maximum absolute atomic E-state index is 6.89. The Morgan fingerprint density at radius 1 is 0.266 bits per heavy atom. The lowest BCUT2D eigenvalue weighted by Crippen LogP contribution is -2.31. The van der Waals surface area contributed by atoms with Crippen LogP contribution in [0.4, 0.5) is 28.4 Å². The number of hydrogen-bond donors (Lipinski definition) is 1. The van der Waals surface area contributed by atoms with E-state index in [1.165, 1.54) is 77.9 Å². The number of halogens is 1. The highest BCUT2D eigenvalue weighted by molar-refractivity contribution is 6.31. The molecule has 0 amide bonds. The number of nitrogens with one attached hydrogen (secondary N) is 1. The third-order valence-corrected chi connectivity index (χ3v) is 22.1. The summed E-state index contributed by atoms with van der Waals surface area (Å²) in [5.74, 6) is 4.93. The molecule has 7 heteroatoms. The molecule has 2 aliphatic heterocycles. The molecule has 2 atom stereocenters. The summed E-state index contributed by atoms with van der Waals surface area (Å²) in [7, 11) is 0. The van der Waals surface area contributed by atoms with Crippen molar-refractivity contribution in [3.8, 4) is 89.8 Å². The summed E-state index contributed by atoms with van der Waals surface area (Å²) >= 11 is 6.43. The van der Waals surface area contributed by atoms with Crippen molar-refractivity contribution in [3.63, 3.8) is 0 Å². The molecule has 2 aromatic heterocycles. The van der Waals surface area contributed by atoms with E-state index in [4.69, 9.17) is 29.9 Å². The zero-order valence-corrected chi connectivity index (χ0v) is 59.8. The summed E-state index contributed by atoms with van der Waals surface area (Å²) in [5, 5.41) is 6.24. The Kier molecular flexibility index (Phi) is 16.0. The van der Waals surface area contributed by atoms with Gasteiger partial charge in [0.2, 0.25) is 0 Å². The van der Waals surface area contributed by atoms with Crippen molar-refractivity contribution in [2.75, 3.05) is 10.2 Å². The van der Waals surface area contributed by atoms with Gasteiger partial charge in [-0.25, -0.2) is 0 Å². The Balaban J connectivity index is 0.000000119. The van der Waals surface area contributed by atoms with Crippen molar-refractivity contribution in [2.45, 2.75) is 10.8 Å². The molecular weight excluding hydrogens is 1350 g/mol. The second-order valence-electron chi connectivity index (χ2n) is 27.8. The van der Waals surface area contributed by atoms with E-state index in [0.29, 0.717) is 0 Å². The maximum Gasteiger partial charge on any atom is 0.178 e. The van der Waals surface area contributed by atoms with E-state index >= 15 is 0 Å². The molecule has 4 aliphatic rings. The second-order valence-corrected chi connectivity index (χ2v) is 28.3. The molecule has 0 saturated heterocycles. The minimum atomic E-state index is -0.697. The van der Waals surface area contributed by atoms with Crippen LogP contribution in [0.3, 0.4) is 0 Å². The molecule has 6 nitrogen and oxygen atoms in total. The van der Waals surface area contributed by atoms with Gasteiger partial charge in [0.05, 0.1) is 16.5 Å². The van der Waals surface area contributed by atoms with E-state index in [1.54, 1.807) is 0 Å². The summed E-state index contributed by atoms with van der Waals surface area (Å²) in [6.07, 6.45) is 0. The molecule has 16 aromatic carbocycles. The fourth-order valence-corrected chi connectivity index (χ4v) is 17.2. The minimum absolute atomic E-state index is 0.584. The number of hydrogen-bond acceptors (Lipinski definition) is 6. The number of ether oxygens (including phenoxy) is 2. The first-order valence-corrected chi connectivity index (χ1v) is 37.3. The molecule has 0 saturated carbocycles. The molecule has 0 fully saturated rings. The van der Waals surface area contributed by atoms with Crippen molar-refractivity contribution in [3.05, 3.63) is 450 Å². The first-order chi connectivity index (χ1) is 54.0. The summed E-state index contributed by atoms with van der Waals surface area (Å²) in [6.45, 7) is 0. The number of nitrogens with zero attached hydrogens (tertiary/aromatic N) is 1. The lowest BCUT2D eigenvalue weighted by molar-refractivity contribution is 0.389. The number of benzene rings is 16. The molecule has 2 spiro atoms. The number of furan rings is 2. The average molecular weight is 1420 g/mol. The average Bonchev–Trinajstić information content (AvgIpc) is 1.53. The van der Waals surface area contributed by atoms with Crippen LogP contribution in [0.5, 0.6) is 23.0 Å². The van der Waals surface area contributed by atoms with E-state index in [-0.39, 0.29) is 0 Å². The van der Waals surface area contributed by atoms with Crippen molar-refractivity contribution < 1.29 is 18.3 Å². The largest absolute Gasteiger partial charge is 0.455 e. The molecule has 109 heavy (non-hydrogen) atoms. The molecule has 18 aromatic rings. The smallest absolute Gasteiger partial charge is 0.178 e. The second kappa shape index (κ2) is 26.9. The summed E-state index contributed by atoms with van der Waals surface area (Å²) in [6, 6.07) is 140. The summed E-state index contributed by atoms with van der Waals surface area (Å²) in [5.41, 5.74) is 27.0. The minimum Gasteiger partial charge on any atom is -0.455 e. The van der Waals surface area contributed by atoms with Gasteiger partial charge in [-0.05, 0) is 175 Å². The van der Waals surface area contributed by atoms with Gasteiger partial charge in [0, 0.05) is 50.0 Å². The SMILES string of the molecule is Clc1ccc2c(c1)-c1ccccc1C21c2ccccc2Oc2c1oc1ccccc21.c1ccc(-c2ccc(N(c3ccc4c(c3)-c3ccccc3C43c4ccccc4Oc4c3oc3ccccc43)c3ccccc3-c3ccccc3)cc2)cc1.c1ccc(-c2ccc(Nc3ccccc3-c3ccccc3)cc2)cc1. The Hall–Kier alpha value is -13.9. The van der Waals surface area contributed by atoms with Crippen LogP contribution in [0.15, 0.2) is 409 Å². The fourth-order valence-electron chi connectivity index (χ4n) is 17.1. The third kappa shape index (κ3) is 10.8. The van der Waals surface area contributed by atoms with Crippen LogP contribution in [0, 0.1) is 0 Å². The van der Waals surface area contributed by atoms with Gasteiger partial charge >= 0.3 is 0 Å². The highest BCUT2D eigenvalue weighted by Crippen LogP contribution is 2.66. The molecule has 2 aliphatic carbocycles. The zero-order chi connectivity index (χ0) is 72.4. The number of para-hydroxylation sites is 6. The first kappa shape index (κ1) is 64.7. The third-order valence-electron chi connectivity index (χ3n) is 21.8. The lowest BCUT2D eigenvalue weighted by Gasteiger charge is -2.36. The monoisotopic (exact) mass is 1420 g/mol. The molecule has 0 bridgehead atoms. The Morgan fingerprint density at radius 2 is 0.642 bits per heavy atom. The van der Waals surface area contributed by atoms with E-state index in [9.17, 15) is 0 Å². The quantitative estimate of drug-likeness (QED) is 0.155. The van der Waals surface area contributed by atoms with E-state index in [0.717, 1.165) is 112 Å². The Bertz CT molecular complexity index is 6470. The van der Waals surface area contributed by atoms with Gasteiger partial charge in [0.25, 0.3) is 0 Å². The van der Waals surface area contributed by atoms with Crippen LogP contribution in [0.2, 0.25) is 5.02 Å². The van der Waals surface area contributed by atoms with Crippen LogP contribution in [0.1, 0.15) is 44.9 Å². The molecule has 0 radical (unpaired) electrons. The van der Waals surface area contributed by atoms with Crippen LogP contribution in [0.25, 0.3) is 88.7 Å². The predicted molar refractivity (Wildman–Crippen MR) is 445 cm³/mol. The molecule has 4 heterocycles. The van der Waals surface area contributed by atoms with Gasteiger partial charge in [-0.3, -0.25) is 0 Å². The highest BCUT2D eigenvalue weighted by atomic mass is 35.5. The topological polar surface area (TPSA) is 60.0 Å². The van der Waals surface area contributed by atoms with Crippen LogP contribution < -0.4 is 19.7 Å². The van der Waals surface area contributed by atoms with Gasteiger partial charge in [-0.1, -0.05) is 315 Å². The molecule has 516 valence electrons. The van der Waals surface area contributed by atoms with E-state index in [1.807, 2.05) is 66.7 Å². The number of anilines is 5. The zero-order valence-electron chi connectivity index (χ0n) is 59.1. The van der Waals surface area contributed by atoms with Gasteiger partial charge in [-0.15, -0.1) is 0 Å². The number of fused-ring (bicyclic) bond motifs is 22. The van der Waals surface area contributed by atoms with Crippen LogP contribution in [-0.4, -0.2) is 0 Å². The molecule has 22 rings (SSSR count). The van der Waals surface area contributed by atoms with Gasteiger partial charge in [0.1, 0.15) is 33.5 Å². The lowest BCUT2D eigenvalue weighted by atomic mass is 9.69. The highest BCUT2D eigenvalue weighted by Gasteiger charge is 2.56. The van der Waals surface area contributed by atoms with Gasteiger partial charge in [0.15, 0.2) is 23.0 Å². The fraction of sp³-hybridized carbons (Fsp3) is 0.0196. The standard InChI is InChI=1S/C51H33NO2.C27H15ClO2.C24H19N/c1-3-15-34(16-4-1)35-27-29-37(30-28-35)52(46-24-12-8-19-39(46)36-17-5-2-6-18-36)38-31-32-44-42(33-38)40-20-7-10-22-43(40)51(44)45-23-11-14-26-48(45)53-49-41-21-9-13-25-47(41)54-50(49)51;28-16-13-14-21-19(15-16)17-7-1-3-9-20(17)27(21)22-10-4-6-12-24(22)29-25-18-8-2-5-11-23(18)30-26(25)27;1-3-9-19(10-4-1)20-15-17-22(18-16-20)25-24-14-8-7-13-23(24)21-11-5-2-6-12-21/h1-33H;1-15H;1-18,25H. The normalized spacial score (nSPS) is 14.7. The number of rotatable bonds is 9. The maximum atomic E-state index is 6.89. The predicted octanol–water partition coefficient (Wildman–Crippen LogP) is 28.0. The van der Waals surface area contributed by atoms with Crippen LogP contribution in [-0.2, 0) is 10.8 Å². The van der Waals surface area contributed by atoms with Crippen molar-refractivity contribution in [1.82, 2.24) is 0 Å². The molecule has 1 N–H and O–H groups in total. The van der Waals surface area contributed by atoms with E-state index < -0.39 is 10.8 Å². The van der Waals surface area contributed by atoms with Crippen molar-refractivity contribution in [1.29, 1.82) is 0 Å². The summed E-state index contributed by atoms with van der Waals surface area (Å²) < 4.78 is 26.6. The first-order valence-electron chi connectivity index (χ1n) is 36.9. The Labute approximate surface area is 637 Å².